The number of rotatable bonds is 9. The van der Waals surface area contributed by atoms with Crippen LogP contribution in [0.4, 0.5) is 0 Å². The Morgan fingerprint density at radius 2 is 1.88 bits per heavy atom. The van der Waals surface area contributed by atoms with E-state index in [0.717, 1.165) is 57.3 Å². The van der Waals surface area contributed by atoms with Gasteiger partial charge in [0.05, 0.1) is 6.54 Å². The molecular weight excluding hydrogens is 316 g/mol. The number of esters is 1. The topological polar surface area (TPSA) is 58.6 Å². The molecule has 1 amide bonds. The fourth-order valence-electron chi connectivity index (χ4n) is 3.05. The molecule has 0 spiro atoms. The van der Waals surface area contributed by atoms with Gasteiger partial charge in [-0.2, -0.15) is 0 Å². The summed E-state index contributed by atoms with van der Waals surface area (Å²) in [5.74, 6) is 0.0481. The molecule has 1 aliphatic rings. The summed E-state index contributed by atoms with van der Waals surface area (Å²) in [5.41, 5.74) is 0.995. The van der Waals surface area contributed by atoms with Gasteiger partial charge in [-0.1, -0.05) is 50.1 Å². The maximum atomic E-state index is 12.1. The normalized spacial score (nSPS) is 15.7. The first kappa shape index (κ1) is 19.4. The highest BCUT2D eigenvalue weighted by Gasteiger charge is 2.25. The summed E-state index contributed by atoms with van der Waals surface area (Å²) in [6, 6.07) is 9.69. The molecule has 1 saturated heterocycles. The van der Waals surface area contributed by atoms with Gasteiger partial charge in [0.25, 0.3) is 0 Å². The van der Waals surface area contributed by atoms with E-state index in [1.54, 1.807) is 0 Å². The number of carbonyl (C=O) groups is 2. The molecule has 1 N–H and O–H groups in total. The van der Waals surface area contributed by atoms with Gasteiger partial charge in [-0.25, -0.2) is 0 Å². The van der Waals surface area contributed by atoms with Gasteiger partial charge in [-0.05, 0) is 37.9 Å². The highest BCUT2D eigenvalue weighted by Crippen LogP contribution is 2.17. The number of amides is 1. The van der Waals surface area contributed by atoms with Crippen LogP contribution in [0.3, 0.4) is 0 Å². The maximum Gasteiger partial charge on any atom is 0.320 e. The van der Waals surface area contributed by atoms with Crippen molar-refractivity contribution < 1.29 is 14.3 Å². The molecule has 0 radical (unpaired) electrons. The predicted molar refractivity (Wildman–Crippen MR) is 97.9 cm³/mol. The van der Waals surface area contributed by atoms with Crippen molar-refractivity contribution in [3.8, 4) is 0 Å². The molecule has 1 aromatic rings. The van der Waals surface area contributed by atoms with Crippen LogP contribution in [0.25, 0.3) is 0 Å². The first-order valence-electron chi connectivity index (χ1n) is 9.38. The van der Waals surface area contributed by atoms with Gasteiger partial charge in [0.2, 0.25) is 5.91 Å². The summed E-state index contributed by atoms with van der Waals surface area (Å²) >= 11 is 0. The number of benzene rings is 1. The lowest BCUT2D eigenvalue weighted by atomic mass is 9.96. The zero-order valence-electron chi connectivity index (χ0n) is 15.2. The van der Waals surface area contributed by atoms with Gasteiger partial charge >= 0.3 is 5.97 Å². The van der Waals surface area contributed by atoms with Crippen molar-refractivity contribution in [2.24, 2.45) is 5.92 Å². The van der Waals surface area contributed by atoms with Crippen molar-refractivity contribution in [1.82, 2.24) is 10.2 Å². The zero-order valence-corrected chi connectivity index (χ0v) is 15.2. The van der Waals surface area contributed by atoms with Gasteiger partial charge in [0, 0.05) is 12.5 Å². The van der Waals surface area contributed by atoms with Crippen molar-refractivity contribution in [3.63, 3.8) is 0 Å². The number of hydrogen-bond acceptors (Lipinski definition) is 4. The first-order chi connectivity index (χ1) is 12.2. The first-order valence-corrected chi connectivity index (χ1v) is 9.38. The van der Waals surface area contributed by atoms with Crippen LogP contribution in [0.5, 0.6) is 0 Å². The second kappa shape index (κ2) is 10.9. The highest BCUT2D eigenvalue weighted by atomic mass is 16.5. The average Bonchev–Trinajstić information content (AvgIpc) is 2.65. The maximum absolute atomic E-state index is 12.1. The minimum absolute atomic E-state index is 0.0817. The van der Waals surface area contributed by atoms with E-state index in [4.69, 9.17) is 4.74 Å². The molecular formula is C20H30N2O3. The van der Waals surface area contributed by atoms with Gasteiger partial charge in [-0.3, -0.25) is 14.5 Å². The molecule has 25 heavy (non-hydrogen) atoms. The van der Waals surface area contributed by atoms with Crippen LogP contribution >= 0.6 is 0 Å². The Balaban J connectivity index is 1.61. The molecule has 1 aliphatic heterocycles. The van der Waals surface area contributed by atoms with E-state index in [-0.39, 0.29) is 17.8 Å². The second-order valence-electron chi connectivity index (χ2n) is 6.69. The molecule has 0 saturated carbocycles. The predicted octanol–water partition coefficient (Wildman–Crippen LogP) is 2.75. The lowest BCUT2D eigenvalue weighted by Gasteiger charge is -2.30. The summed E-state index contributed by atoms with van der Waals surface area (Å²) in [4.78, 5) is 26.2. The molecule has 0 bridgehead atoms. The van der Waals surface area contributed by atoms with Crippen LogP contribution in [0, 0.1) is 5.92 Å². The van der Waals surface area contributed by atoms with E-state index in [2.05, 4.69) is 17.1 Å². The standard InChI is InChI=1S/C20H30N2O3/c1-2-3-7-12-21-20(24)18-10-13-22(14-11-18)15-19(23)25-16-17-8-5-4-6-9-17/h4-6,8-9,18H,2-3,7,10-16H2,1H3,(H,21,24). The number of likely N-dealkylation sites (tertiary alicyclic amines) is 1. The van der Waals surface area contributed by atoms with Crippen LogP contribution in [0.15, 0.2) is 30.3 Å². The molecule has 1 aromatic carbocycles. The summed E-state index contributed by atoms with van der Waals surface area (Å²) in [6.45, 7) is 5.09. The van der Waals surface area contributed by atoms with Crippen molar-refractivity contribution in [2.75, 3.05) is 26.2 Å². The third-order valence-electron chi connectivity index (χ3n) is 4.63. The Morgan fingerprint density at radius 1 is 1.16 bits per heavy atom. The summed E-state index contributed by atoms with van der Waals surface area (Å²) < 4.78 is 5.32. The van der Waals surface area contributed by atoms with Gasteiger partial charge in [0.15, 0.2) is 0 Å². The highest BCUT2D eigenvalue weighted by molar-refractivity contribution is 5.78. The van der Waals surface area contributed by atoms with Crippen LogP contribution < -0.4 is 5.32 Å². The Labute approximate surface area is 150 Å². The average molecular weight is 346 g/mol. The molecule has 0 aromatic heterocycles. The molecule has 5 nitrogen and oxygen atoms in total. The minimum atomic E-state index is -0.202. The van der Waals surface area contributed by atoms with Crippen molar-refractivity contribution in [2.45, 2.75) is 45.6 Å². The fourth-order valence-corrected chi connectivity index (χ4v) is 3.05. The third kappa shape index (κ3) is 7.26. The Kier molecular flexibility index (Phi) is 8.46. The molecule has 2 rings (SSSR count). The van der Waals surface area contributed by atoms with E-state index < -0.39 is 0 Å². The largest absolute Gasteiger partial charge is 0.460 e. The third-order valence-corrected chi connectivity index (χ3v) is 4.63. The minimum Gasteiger partial charge on any atom is -0.460 e. The van der Waals surface area contributed by atoms with E-state index in [1.165, 1.54) is 0 Å². The number of ether oxygens (including phenoxy) is 1. The molecule has 0 aliphatic carbocycles. The van der Waals surface area contributed by atoms with Gasteiger partial charge < -0.3 is 10.1 Å². The van der Waals surface area contributed by atoms with Crippen LogP contribution in [0.1, 0.15) is 44.6 Å². The number of unbranched alkanes of at least 4 members (excludes halogenated alkanes) is 2. The second-order valence-corrected chi connectivity index (χ2v) is 6.69. The Bertz CT molecular complexity index is 525. The summed E-state index contributed by atoms with van der Waals surface area (Å²) in [5, 5.41) is 3.03. The van der Waals surface area contributed by atoms with E-state index in [0.29, 0.717) is 13.2 Å². The van der Waals surface area contributed by atoms with Gasteiger partial charge in [0.1, 0.15) is 6.61 Å². The van der Waals surface area contributed by atoms with Crippen molar-refractivity contribution in [3.05, 3.63) is 35.9 Å². The van der Waals surface area contributed by atoms with E-state index in [9.17, 15) is 9.59 Å². The van der Waals surface area contributed by atoms with E-state index >= 15 is 0 Å². The molecule has 0 atom stereocenters. The lowest BCUT2D eigenvalue weighted by molar-refractivity contribution is -0.146. The van der Waals surface area contributed by atoms with Crippen molar-refractivity contribution >= 4 is 11.9 Å². The number of nitrogens with zero attached hydrogens (tertiary/aromatic N) is 1. The summed E-state index contributed by atoms with van der Waals surface area (Å²) in [6.07, 6.45) is 4.99. The van der Waals surface area contributed by atoms with E-state index in [1.807, 2.05) is 30.3 Å². The molecule has 1 heterocycles. The number of nitrogens with one attached hydrogen (secondary N) is 1. The summed E-state index contributed by atoms with van der Waals surface area (Å²) in [7, 11) is 0. The number of carbonyl (C=O) groups excluding carboxylic acids is 2. The van der Waals surface area contributed by atoms with Crippen LogP contribution in [0.2, 0.25) is 0 Å². The molecule has 138 valence electrons. The number of hydrogen-bond donors (Lipinski definition) is 1. The fraction of sp³-hybridized carbons (Fsp3) is 0.600. The SMILES string of the molecule is CCCCCNC(=O)C1CCN(CC(=O)OCc2ccccc2)CC1. The van der Waals surface area contributed by atoms with Gasteiger partial charge in [-0.15, -0.1) is 0 Å². The molecule has 5 heteroatoms. The number of piperidine rings is 1. The molecule has 0 unspecified atom stereocenters. The lowest BCUT2D eigenvalue weighted by Crippen LogP contribution is -2.42. The zero-order chi connectivity index (χ0) is 17.9. The Hall–Kier alpha value is -1.88. The van der Waals surface area contributed by atoms with Crippen LogP contribution in [-0.2, 0) is 20.9 Å². The van der Waals surface area contributed by atoms with Crippen molar-refractivity contribution in [1.29, 1.82) is 0 Å². The quantitative estimate of drug-likeness (QED) is 0.552. The monoisotopic (exact) mass is 346 g/mol. The smallest absolute Gasteiger partial charge is 0.320 e. The van der Waals surface area contributed by atoms with Crippen LogP contribution in [-0.4, -0.2) is 43.0 Å². The molecule has 1 fully saturated rings. The Morgan fingerprint density at radius 3 is 2.56 bits per heavy atom.